The number of fused-ring (bicyclic) bond motifs is 1. The normalized spacial score (nSPS) is 27.6. The Morgan fingerprint density at radius 3 is 2.08 bits per heavy atom. The lowest BCUT2D eigenvalue weighted by molar-refractivity contribution is -0.154. The Kier molecular flexibility index (Phi) is 7.81. The number of hydrogen-bond donors (Lipinski definition) is 2. The van der Waals surface area contributed by atoms with E-state index in [2.05, 4.69) is 24.5 Å². The van der Waals surface area contributed by atoms with Gasteiger partial charge in [-0.2, -0.15) is 0 Å². The number of nitrogens with one attached hydrogen (secondary N) is 2. The highest BCUT2D eigenvalue weighted by molar-refractivity contribution is 7.92. The molecule has 0 radical (unpaired) electrons. The summed E-state index contributed by atoms with van der Waals surface area (Å²) in [5, 5.41) is 5.86. The van der Waals surface area contributed by atoms with Crippen molar-refractivity contribution in [3.05, 3.63) is 0 Å². The van der Waals surface area contributed by atoms with Crippen LogP contribution in [0.1, 0.15) is 87.5 Å². The minimum absolute atomic E-state index is 0.0338. The van der Waals surface area contributed by atoms with Gasteiger partial charge in [0.1, 0.15) is 12.1 Å². The maximum Gasteiger partial charge on any atom is 0.328 e. The third kappa shape index (κ3) is 5.78. The summed E-state index contributed by atoms with van der Waals surface area (Å²) in [6.45, 7) is 15.3. The summed E-state index contributed by atoms with van der Waals surface area (Å²) < 4.78 is 30.3. The molecule has 1 aliphatic heterocycles. The summed E-state index contributed by atoms with van der Waals surface area (Å²) in [5.74, 6) is -0.646. The van der Waals surface area contributed by atoms with Crippen LogP contribution >= 0.6 is 0 Å². The first kappa shape index (κ1) is 29.7. The Hall–Kier alpha value is -1.84. The fraction of sp³-hybridized carbons (Fsp3) is 0.889. The van der Waals surface area contributed by atoms with Crippen molar-refractivity contribution in [1.82, 2.24) is 15.5 Å². The van der Waals surface area contributed by atoms with E-state index in [0.717, 1.165) is 19.3 Å². The van der Waals surface area contributed by atoms with Crippen LogP contribution in [0.3, 0.4) is 0 Å². The Labute approximate surface area is 222 Å². The number of likely N-dealkylation sites (tertiary alicyclic amines) is 1. The molecule has 212 valence electrons. The van der Waals surface area contributed by atoms with Crippen LogP contribution in [0.5, 0.6) is 0 Å². The molecule has 2 saturated carbocycles. The lowest BCUT2D eigenvalue weighted by atomic mass is 9.83. The summed E-state index contributed by atoms with van der Waals surface area (Å²) in [4.78, 5) is 41.5. The number of piperidine rings is 1. The van der Waals surface area contributed by atoms with E-state index in [0.29, 0.717) is 19.4 Å². The summed E-state index contributed by atoms with van der Waals surface area (Å²) >= 11 is 0. The molecule has 2 unspecified atom stereocenters. The zero-order chi connectivity index (χ0) is 28.2. The molecule has 1 saturated heterocycles. The van der Waals surface area contributed by atoms with Gasteiger partial charge in [0.2, 0.25) is 5.91 Å². The van der Waals surface area contributed by atoms with Crippen molar-refractivity contribution in [3.63, 3.8) is 0 Å². The van der Waals surface area contributed by atoms with Gasteiger partial charge in [-0.15, -0.1) is 0 Å². The number of ether oxygens (including phenoxy) is 1. The van der Waals surface area contributed by atoms with Crippen molar-refractivity contribution in [2.75, 3.05) is 19.4 Å². The lowest BCUT2D eigenvalue weighted by Gasteiger charge is -2.41. The minimum atomic E-state index is -3.49. The van der Waals surface area contributed by atoms with Crippen molar-refractivity contribution in [3.8, 4) is 0 Å². The molecule has 0 bridgehead atoms. The van der Waals surface area contributed by atoms with E-state index < -0.39 is 49.6 Å². The van der Waals surface area contributed by atoms with Crippen molar-refractivity contribution in [1.29, 1.82) is 0 Å². The van der Waals surface area contributed by atoms with Crippen LogP contribution in [-0.4, -0.2) is 73.0 Å². The summed E-state index contributed by atoms with van der Waals surface area (Å²) in [7, 11) is -2.16. The highest BCUT2D eigenvalue weighted by atomic mass is 32.2. The second kappa shape index (κ2) is 9.72. The summed E-state index contributed by atoms with van der Waals surface area (Å²) in [5.41, 5.74) is -1.56. The van der Waals surface area contributed by atoms with E-state index in [1.165, 1.54) is 7.11 Å². The Balaban J connectivity index is 1.81. The third-order valence-corrected chi connectivity index (χ3v) is 11.7. The van der Waals surface area contributed by atoms with E-state index in [-0.39, 0.29) is 28.9 Å². The maximum absolute atomic E-state index is 13.8. The molecule has 3 amide bonds. The second-order valence-electron chi connectivity index (χ2n) is 14.0. The van der Waals surface area contributed by atoms with E-state index in [1.807, 2.05) is 20.8 Å². The molecule has 3 aliphatic rings. The monoisotopic (exact) mass is 541 g/mol. The molecule has 37 heavy (non-hydrogen) atoms. The largest absolute Gasteiger partial charge is 0.467 e. The molecule has 10 heteroatoms. The first-order valence-corrected chi connectivity index (χ1v) is 15.1. The molecule has 1 heterocycles. The van der Waals surface area contributed by atoms with Gasteiger partial charge in [0.15, 0.2) is 9.84 Å². The van der Waals surface area contributed by atoms with Crippen LogP contribution in [0.4, 0.5) is 4.79 Å². The number of esters is 1. The highest BCUT2D eigenvalue weighted by Crippen LogP contribution is 2.65. The molecule has 0 spiro atoms. The van der Waals surface area contributed by atoms with Crippen LogP contribution in [0.2, 0.25) is 0 Å². The van der Waals surface area contributed by atoms with Gasteiger partial charge in [-0.05, 0) is 50.4 Å². The Morgan fingerprint density at radius 2 is 1.59 bits per heavy atom. The molecule has 2 aliphatic carbocycles. The van der Waals surface area contributed by atoms with E-state index in [4.69, 9.17) is 4.74 Å². The number of carbonyl (C=O) groups excluding carboxylic acids is 3. The van der Waals surface area contributed by atoms with Crippen LogP contribution in [0.25, 0.3) is 0 Å². The fourth-order valence-electron chi connectivity index (χ4n) is 6.24. The van der Waals surface area contributed by atoms with Crippen LogP contribution in [0, 0.1) is 22.7 Å². The van der Waals surface area contributed by atoms with E-state index >= 15 is 0 Å². The van der Waals surface area contributed by atoms with Gasteiger partial charge in [0.05, 0.1) is 23.1 Å². The van der Waals surface area contributed by atoms with Gasteiger partial charge >= 0.3 is 12.0 Å². The number of carbonyl (C=O) groups is 3. The van der Waals surface area contributed by atoms with Crippen LogP contribution in [-0.2, 0) is 24.2 Å². The number of amides is 3. The molecule has 0 aromatic heterocycles. The highest BCUT2D eigenvalue weighted by Gasteiger charge is 2.70. The molecule has 3 rings (SSSR count). The zero-order valence-electron chi connectivity index (χ0n) is 24.1. The van der Waals surface area contributed by atoms with Gasteiger partial charge in [-0.3, -0.25) is 4.79 Å². The topological polar surface area (TPSA) is 122 Å². The number of hydrogen-bond acceptors (Lipinski definition) is 6. The molecular weight excluding hydrogens is 494 g/mol. The third-order valence-electron chi connectivity index (χ3n) is 8.91. The Morgan fingerprint density at radius 1 is 1.03 bits per heavy atom. The molecule has 3 fully saturated rings. The van der Waals surface area contributed by atoms with E-state index in [1.54, 1.807) is 25.7 Å². The average Bonchev–Trinajstić information content (AvgIpc) is 3.08. The maximum atomic E-state index is 13.8. The molecule has 4 atom stereocenters. The summed E-state index contributed by atoms with van der Waals surface area (Å²) in [6, 6.07) is -2.13. The molecular formula is C27H47N3O6S. The smallest absolute Gasteiger partial charge is 0.328 e. The van der Waals surface area contributed by atoms with Crippen molar-refractivity contribution < 1.29 is 27.5 Å². The van der Waals surface area contributed by atoms with Gasteiger partial charge in [0, 0.05) is 12.5 Å². The Bertz CT molecular complexity index is 1020. The van der Waals surface area contributed by atoms with Gasteiger partial charge < -0.3 is 20.3 Å². The van der Waals surface area contributed by atoms with Crippen molar-refractivity contribution in [2.45, 2.75) is 110 Å². The summed E-state index contributed by atoms with van der Waals surface area (Å²) in [6.07, 6.45) is 3.79. The zero-order valence-corrected chi connectivity index (χ0v) is 24.9. The molecule has 0 aromatic rings. The number of sulfone groups is 1. The number of rotatable bonds is 6. The first-order chi connectivity index (χ1) is 16.8. The quantitative estimate of drug-likeness (QED) is 0.498. The van der Waals surface area contributed by atoms with E-state index in [9.17, 15) is 22.8 Å². The number of methoxy groups -OCH3 is 1. The molecule has 2 N–H and O–H groups in total. The first-order valence-electron chi connectivity index (χ1n) is 13.5. The predicted octanol–water partition coefficient (Wildman–Crippen LogP) is 3.27. The molecule has 0 aromatic carbocycles. The average molecular weight is 542 g/mol. The number of urea groups is 1. The van der Waals surface area contributed by atoms with Gasteiger partial charge in [0.25, 0.3) is 0 Å². The van der Waals surface area contributed by atoms with Crippen molar-refractivity contribution >= 4 is 27.7 Å². The molecule has 9 nitrogen and oxygen atoms in total. The second-order valence-corrected chi connectivity index (χ2v) is 16.8. The minimum Gasteiger partial charge on any atom is -0.467 e. The standard InChI is InChI=1S/C27H47N3O6S/c1-24(2,3)20(21(31)30-15-17-18(26(17,7)8)19(30)22(32)36-9)28-23(33)29-27(13-11-10-12-14-27)16-37(34,35)25(4,5)6/h17-20H,10-16H2,1-9H3,(H2,28,29,33)/t17?,18?,19-,20+/m0/s1. The fourth-order valence-corrected chi connectivity index (χ4v) is 7.76. The van der Waals surface area contributed by atoms with Gasteiger partial charge in [-0.1, -0.05) is 53.9 Å². The van der Waals surface area contributed by atoms with Gasteiger partial charge in [-0.25, -0.2) is 18.0 Å². The number of nitrogens with zero attached hydrogens (tertiary/aromatic N) is 1. The van der Waals surface area contributed by atoms with Crippen molar-refractivity contribution in [2.24, 2.45) is 22.7 Å². The predicted molar refractivity (Wildman–Crippen MR) is 143 cm³/mol. The van der Waals surface area contributed by atoms with Crippen LogP contribution < -0.4 is 10.6 Å². The van der Waals surface area contributed by atoms with Crippen LogP contribution in [0.15, 0.2) is 0 Å². The lowest BCUT2D eigenvalue weighted by Crippen LogP contribution is -2.63. The SMILES string of the molecule is COC(=O)[C@@H]1C2C(CN1C(=O)[C@@H](NC(=O)NC1(CS(=O)(=O)C(C)(C)C)CCCCC1)C(C)(C)C)C2(C)C.